The lowest BCUT2D eigenvalue weighted by atomic mass is 10.1. The van der Waals surface area contributed by atoms with E-state index in [-0.39, 0.29) is 0 Å². The van der Waals surface area contributed by atoms with Gasteiger partial charge in [0.1, 0.15) is 5.75 Å². The number of benzene rings is 1. The molecule has 0 saturated carbocycles. The predicted molar refractivity (Wildman–Crippen MR) is 111 cm³/mol. The van der Waals surface area contributed by atoms with Crippen LogP contribution >= 0.6 is 11.3 Å². The Kier molecular flexibility index (Phi) is 8.41. The van der Waals surface area contributed by atoms with E-state index >= 15 is 0 Å². The van der Waals surface area contributed by atoms with Crippen molar-refractivity contribution in [2.75, 3.05) is 26.7 Å². The van der Waals surface area contributed by atoms with Crippen LogP contribution in [0.4, 0.5) is 0 Å². The molecule has 0 saturated heterocycles. The summed E-state index contributed by atoms with van der Waals surface area (Å²) in [5, 5.41) is 10.0. The molecule has 0 bridgehead atoms. The molecule has 6 heteroatoms. The number of guanidine groups is 1. The number of ether oxygens (including phenoxy) is 1. The quantitative estimate of drug-likeness (QED) is 0.522. The van der Waals surface area contributed by atoms with Crippen molar-refractivity contribution in [3.05, 3.63) is 45.4 Å². The molecule has 0 amide bonds. The van der Waals surface area contributed by atoms with Gasteiger partial charge in [0.05, 0.1) is 17.8 Å². The Morgan fingerprint density at radius 3 is 2.77 bits per heavy atom. The van der Waals surface area contributed by atoms with Gasteiger partial charge in [-0.25, -0.2) is 4.98 Å². The highest BCUT2D eigenvalue weighted by Crippen LogP contribution is 2.19. The van der Waals surface area contributed by atoms with Gasteiger partial charge in [-0.2, -0.15) is 0 Å². The number of aromatic nitrogens is 1. The second-order valence-corrected chi connectivity index (χ2v) is 7.03. The molecule has 0 aliphatic heterocycles. The van der Waals surface area contributed by atoms with E-state index in [2.05, 4.69) is 58.9 Å². The zero-order valence-corrected chi connectivity index (χ0v) is 17.1. The van der Waals surface area contributed by atoms with Crippen molar-refractivity contribution >= 4 is 17.3 Å². The fraction of sp³-hybridized carbons (Fsp3) is 0.500. The van der Waals surface area contributed by atoms with Gasteiger partial charge < -0.3 is 15.4 Å². The first-order chi connectivity index (χ1) is 12.7. The third-order valence-corrected chi connectivity index (χ3v) is 5.05. The number of thiazole rings is 1. The Bertz CT molecular complexity index is 712. The molecule has 1 aromatic carbocycles. The van der Waals surface area contributed by atoms with Gasteiger partial charge in [-0.3, -0.25) is 4.99 Å². The Morgan fingerprint density at radius 1 is 1.23 bits per heavy atom. The predicted octanol–water partition coefficient (Wildman–Crippen LogP) is 3.36. The van der Waals surface area contributed by atoms with E-state index in [1.807, 2.05) is 6.07 Å². The number of aliphatic imine (C=N–C) groups is 1. The molecule has 1 heterocycles. The topological polar surface area (TPSA) is 58.5 Å². The van der Waals surface area contributed by atoms with Gasteiger partial charge in [-0.15, -0.1) is 11.3 Å². The third-order valence-electron chi connectivity index (χ3n) is 4.01. The molecular formula is C20H30N4OS. The van der Waals surface area contributed by atoms with Crippen LogP contribution in [0.25, 0.3) is 0 Å². The van der Waals surface area contributed by atoms with Crippen LogP contribution in [0, 0.1) is 6.92 Å². The third kappa shape index (κ3) is 6.33. The molecule has 1 aromatic heterocycles. The number of nitrogens with zero attached hydrogens (tertiary/aromatic N) is 2. The molecule has 2 N–H and O–H groups in total. The van der Waals surface area contributed by atoms with Crippen LogP contribution < -0.4 is 15.4 Å². The molecule has 142 valence electrons. The molecule has 0 fully saturated rings. The van der Waals surface area contributed by atoms with Crippen LogP contribution in [-0.2, 0) is 19.3 Å². The maximum Gasteiger partial charge on any atom is 0.191 e. The summed E-state index contributed by atoms with van der Waals surface area (Å²) in [5.41, 5.74) is 3.59. The number of hydrogen-bond acceptors (Lipinski definition) is 4. The summed E-state index contributed by atoms with van der Waals surface area (Å²) < 4.78 is 5.45. The standard InChI is InChI=1S/C20H30N4OS/c1-5-19-24-17(14-26-19)10-12-23-20(21-6-2)22-11-9-16-13-15(3)7-8-18(16)25-4/h7-8,13-14H,5-6,9-12H2,1-4H3,(H2,21,22,23). The van der Waals surface area contributed by atoms with E-state index in [0.29, 0.717) is 0 Å². The van der Waals surface area contributed by atoms with Gasteiger partial charge in [0.2, 0.25) is 0 Å². The first-order valence-electron chi connectivity index (χ1n) is 9.25. The number of methoxy groups -OCH3 is 1. The van der Waals surface area contributed by atoms with Gasteiger partial charge in [0, 0.05) is 31.4 Å². The highest BCUT2D eigenvalue weighted by Gasteiger charge is 2.05. The molecule has 26 heavy (non-hydrogen) atoms. The zero-order chi connectivity index (χ0) is 18.8. The summed E-state index contributed by atoms with van der Waals surface area (Å²) in [6, 6.07) is 6.28. The highest BCUT2D eigenvalue weighted by molar-refractivity contribution is 7.09. The summed E-state index contributed by atoms with van der Waals surface area (Å²) >= 11 is 1.73. The van der Waals surface area contributed by atoms with Crippen molar-refractivity contribution in [2.24, 2.45) is 4.99 Å². The van der Waals surface area contributed by atoms with Gasteiger partial charge in [-0.05, 0) is 38.3 Å². The molecule has 0 aliphatic rings. The Balaban J connectivity index is 1.86. The molecule has 0 radical (unpaired) electrons. The van der Waals surface area contributed by atoms with E-state index in [1.54, 1.807) is 18.4 Å². The minimum absolute atomic E-state index is 0.732. The highest BCUT2D eigenvalue weighted by atomic mass is 32.1. The van der Waals surface area contributed by atoms with E-state index in [0.717, 1.165) is 56.3 Å². The van der Waals surface area contributed by atoms with E-state index in [1.165, 1.54) is 16.1 Å². The minimum atomic E-state index is 0.732. The number of hydrogen-bond donors (Lipinski definition) is 2. The molecule has 0 aliphatic carbocycles. The summed E-state index contributed by atoms with van der Waals surface area (Å²) in [6.45, 7) is 8.70. The number of nitrogens with one attached hydrogen (secondary N) is 2. The van der Waals surface area contributed by atoms with Crippen molar-refractivity contribution in [2.45, 2.75) is 40.0 Å². The SMILES string of the molecule is CCNC(=NCCc1csc(CC)n1)NCCc1cc(C)ccc1OC. The first kappa shape index (κ1) is 20.2. The maximum atomic E-state index is 5.45. The molecule has 0 spiro atoms. The largest absolute Gasteiger partial charge is 0.496 e. The average molecular weight is 375 g/mol. The van der Waals surface area contributed by atoms with Crippen LogP contribution in [0.1, 0.15) is 35.7 Å². The second-order valence-electron chi connectivity index (χ2n) is 6.09. The average Bonchev–Trinajstić information content (AvgIpc) is 3.10. The van der Waals surface area contributed by atoms with Gasteiger partial charge >= 0.3 is 0 Å². The fourth-order valence-electron chi connectivity index (χ4n) is 2.67. The number of rotatable bonds is 9. The minimum Gasteiger partial charge on any atom is -0.496 e. The van der Waals surface area contributed by atoms with E-state index < -0.39 is 0 Å². The maximum absolute atomic E-state index is 5.45. The normalized spacial score (nSPS) is 11.5. The van der Waals surface area contributed by atoms with Crippen molar-refractivity contribution < 1.29 is 4.74 Å². The monoisotopic (exact) mass is 374 g/mol. The van der Waals surface area contributed by atoms with Crippen molar-refractivity contribution in [1.82, 2.24) is 15.6 Å². The zero-order valence-electron chi connectivity index (χ0n) is 16.3. The van der Waals surface area contributed by atoms with Crippen LogP contribution in [0.5, 0.6) is 5.75 Å². The van der Waals surface area contributed by atoms with Crippen LogP contribution in [0.3, 0.4) is 0 Å². The lowest BCUT2D eigenvalue weighted by Gasteiger charge is -2.13. The van der Waals surface area contributed by atoms with Gasteiger partial charge in [0.25, 0.3) is 0 Å². The van der Waals surface area contributed by atoms with Crippen LogP contribution in [-0.4, -0.2) is 37.7 Å². The summed E-state index contributed by atoms with van der Waals surface area (Å²) in [4.78, 5) is 9.26. The van der Waals surface area contributed by atoms with Crippen molar-refractivity contribution in [1.29, 1.82) is 0 Å². The van der Waals surface area contributed by atoms with Crippen LogP contribution in [0.2, 0.25) is 0 Å². The Hall–Kier alpha value is -2.08. The van der Waals surface area contributed by atoms with E-state index in [4.69, 9.17) is 4.74 Å². The second kappa shape index (κ2) is 10.8. The molecule has 2 aromatic rings. The molecule has 5 nitrogen and oxygen atoms in total. The smallest absolute Gasteiger partial charge is 0.191 e. The Labute approximate surface area is 160 Å². The number of aryl methyl sites for hydroxylation is 2. The summed E-state index contributed by atoms with van der Waals surface area (Å²) in [5.74, 6) is 1.79. The summed E-state index contributed by atoms with van der Waals surface area (Å²) in [6.07, 6.45) is 2.76. The van der Waals surface area contributed by atoms with Gasteiger partial charge in [-0.1, -0.05) is 24.6 Å². The molecule has 0 unspecified atom stereocenters. The van der Waals surface area contributed by atoms with Gasteiger partial charge in [0.15, 0.2) is 5.96 Å². The molecule has 2 rings (SSSR count). The molecule has 0 atom stereocenters. The Morgan fingerprint density at radius 2 is 2.08 bits per heavy atom. The first-order valence-corrected chi connectivity index (χ1v) is 10.1. The van der Waals surface area contributed by atoms with Crippen molar-refractivity contribution in [3.63, 3.8) is 0 Å². The van der Waals surface area contributed by atoms with E-state index in [9.17, 15) is 0 Å². The van der Waals surface area contributed by atoms with Crippen LogP contribution in [0.15, 0.2) is 28.6 Å². The van der Waals surface area contributed by atoms with Crippen molar-refractivity contribution in [3.8, 4) is 5.75 Å². The lowest BCUT2D eigenvalue weighted by molar-refractivity contribution is 0.409. The molecular weight excluding hydrogens is 344 g/mol. The lowest BCUT2D eigenvalue weighted by Crippen LogP contribution is -2.38. The fourth-order valence-corrected chi connectivity index (χ4v) is 3.45. The summed E-state index contributed by atoms with van der Waals surface area (Å²) in [7, 11) is 1.72.